The number of para-hydroxylation sites is 1. The average molecular weight is 475 g/mol. The van der Waals surface area contributed by atoms with E-state index in [4.69, 9.17) is 28.2 Å². The molecule has 8 heteroatoms. The Hall–Kier alpha value is -2.57. The zero-order valence-electron chi connectivity index (χ0n) is 18.6. The van der Waals surface area contributed by atoms with Crippen molar-refractivity contribution >= 4 is 45.8 Å². The van der Waals surface area contributed by atoms with Crippen molar-refractivity contribution in [1.29, 1.82) is 0 Å². The number of carbonyl (C=O) groups excluding carboxylic acids is 1. The number of amides is 2. The van der Waals surface area contributed by atoms with E-state index in [1.54, 1.807) is 40.8 Å². The third-order valence-electron chi connectivity index (χ3n) is 5.51. The molecular formula is C24H28Cl2N4O2. The van der Waals surface area contributed by atoms with E-state index in [0.29, 0.717) is 45.4 Å². The molecule has 32 heavy (non-hydrogen) atoms. The van der Waals surface area contributed by atoms with Crippen LogP contribution < -0.4 is 10.9 Å². The van der Waals surface area contributed by atoms with E-state index in [1.807, 2.05) is 25.1 Å². The van der Waals surface area contributed by atoms with Gasteiger partial charge in [0.1, 0.15) is 5.82 Å². The van der Waals surface area contributed by atoms with Gasteiger partial charge in [-0.2, -0.15) is 0 Å². The highest BCUT2D eigenvalue weighted by Crippen LogP contribution is 2.28. The van der Waals surface area contributed by atoms with Gasteiger partial charge in [-0.1, -0.05) is 62.0 Å². The summed E-state index contributed by atoms with van der Waals surface area (Å²) < 4.78 is 1.55. The number of nitrogens with one attached hydrogen (secondary N) is 1. The SMILES string of the molecule is CCCCCN(C(=O)Nc1ccc(Cl)c(Cl)c1)C(CC)c1nc2ccccc2c(=O)n1C. The molecule has 2 aromatic carbocycles. The Kier molecular flexibility index (Phi) is 8.15. The van der Waals surface area contributed by atoms with Crippen molar-refractivity contribution in [3.8, 4) is 0 Å². The van der Waals surface area contributed by atoms with E-state index in [-0.39, 0.29) is 17.6 Å². The van der Waals surface area contributed by atoms with Crippen molar-refractivity contribution < 1.29 is 4.79 Å². The number of unbranched alkanes of at least 4 members (excludes halogenated alkanes) is 2. The van der Waals surface area contributed by atoms with Crippen molar-refractivity contribution in [1.82, 2.24) is 14.5 Å². The van der Waals surface area contributed by atoms with Crippen LogP contribution in [0.3, 0.4) is 0 Å². The monoisotopic (exact) mass is 474 g/mol. The lowest BCUT2D eigenvalue weighted by molar-refractivity contribution is 0.179. The van der Waals surface area contributed by atoms with Gasteiger partial charge < -0.3 is 10.2 Å². The molecule has 0 spiro atoms. The molecule has 0 aliphatic rings. The van der Waals surface area contributed by atoms with Gasteiger partial charge in [-0.3, -0.25) is 9.36 Å². The minimum atomic E-state index is -0.364. The number of carbonyl (C=O) groups is 1. The zero-order valence-corrected chi connectivity index (χ0v) is 20.1. The molecule has 0 aliphatic heterocycles. The largest absolute Gasteiger partial charge is 0.322 e. The Morgan fingerprint density at radius 1 is 1.12 bits per heavy atom. The van der Waals surface area contributed by atoms with Gasteiger partial charge in [0.2, 0.25) is 0 Å². The van der Waals surface area contributed by atoms with Crippen LogP contribution in [0.25, 0.3) is 10.9 Å². The van der Waals surface area contributed by atoms with Crippen LogP contribution in [-0.2, 0) is 7.05 Å². The second-order valence-corrected chi connectivity index (χ2v) is 8.55. The fourth-order valence-corrected chi connectivity index (χ4v) is 4.07. The first-order chi connectivity index (χ1) is 15.4. The number of halogens is 2. The van der Waals surface area contributed by atoms with Crippen LogP contribution in [0.5, 0.6) is 0 Å². The molecule has 1 heterocycles. The zero-order chi connectivity index (χ0) is 23.3. The maximum absolute atomic E-state index is 13.4. The van der Waals surface area contributed by atoms with Crippen molar-refractivity contribution in [3.05, 3.63) is 68.7 Å². The van der Waals surface area contributed by atoms with Crippen molar-refractivity contribution in [2.45, 2.75) is 45.6 Å². The number of benzene rings is 2. The van der Waals surface area contributed by atoms with Gasteiger partial charge in [0.05, 0.1) is 27.0 Å². The van der Waals surface area contributed by atoms with E-state index in [0.717, 1.165) is 19.3 Å². The molecule has 2 amide bonds. The number of rotatable bonds is 8. The number of fused-ring (bicyclic) bond motifs is 1. The quantitative estimate of drug-likeness (QED) is 0.383. The Morgan fingerprint density at radius 2 is 1.88 bits per heavy atom. The molecule has 0 saturated carbocycles. The number of urea groups is 1. The topological polar surface area (TPSA) is 67.2 Å². The predicted molar refractivity (Wildman–Crippen MR) is 132 cm³/mol. The molecule has 1 aromatic heterocycles. The summed E-state index contributed by atoms with van der Waals surface area (Å²) >= 11 is 12.1. The number of hydrogen-bond donors (Lipinski definition) is 1. The van der Waals surface area contributed by atoms with Gasteiger partial charge in [-0.15, -0.1) is 0 Å². The first-order valence-electron chi connectivity index (χ1n) is 10.9. The van der Waals surface area contributed by atoms with Crippen LogP contribution in [0, 0.1) is 0 Å². The lowest BCUT2D eigenvalue weighted by atomic mass is 10.1. The van der Waals surface area contributed by atoms with Gasteiger partial charge in [0.15, 0.2) is 0 Å². The van der Waals surface area contributed by atoms with E-state index in [9.17, 15) is 9.59 Å². The Morgan fingerprint density at radius 3 is 2.56 bits per heavy atom. The highest BCUT2D eigenvalue weighted by Gasteiger charge is 2.27. The minimum Gasteiger partial charge on any atom is -0.314 e. The van der Waals surface area contributed by atoms with Gasteiger partial charge in [0.25, 0.3) is 5.56 Å². The molecular weight excluding hydrogens is 447 g/mol. The molecule has 0 bridgehead atoms. The molecule has 0 fully saturated rings. The Balaban J connectivity index is 1.99. The molecule has 1 N–H and O–H groups in total. The van der Waals surface area contributed by atoms with Gasteiger partial charge in [-0.05, 0) is 43.2 Å². The third-order valence-corrected chi connectivity index (χ3v) is 6.25. The van der Waals surface area contributed by atoms with Gasteiger partial charge >= 0.3 is 6.03 Å². The summed E-state index contributed by atoms with van der Waals surface area (Å²) in [6, 6.07) is 11.6. The maximum atomic E-state index is 13.4. The fraction of sp³-hybridized carbons (Fsp3) is 0.375. The Labute approximate surface area is 198 Å². The molecule has 1 unspecified atom stereocenters. The minimum absolute atomic E-state index is 0.123. The normalized spacial score (nSPS) is 12.0. The van der Waals surface area contributed by atoms with Crippen LogP contribution in [-0.4, -0.2) is 27.0 Å². The van der Waals surface area contributed by atoms with E-state index in [2.05, 4.69) is 12.2 Å². The summed E-state index contributed by atoms with van der Waals surface area (Å²) in [6.45, 7) is 4.65. The first kappa shape index (κ1) is 24.1. The van der Waals surface area contributed by atoms with Gasteiger partial charge in [0, 0.05) is 19.3 Å². The molecule has 0 aliphatic carbocycles. The van der Waals surface area contributed by atoms with Crippen LogP contribution in [0.2, 0.25) is 10.0 Å². The molecule has 1 atom stereocenters. The van der Waals surface area contributed by atoms with E-state index in [1.165, 1.54) is 0 Å². The third kappa shape index (κ3) is 5.25. The second kappa shape index (κ2) is 10.8. The summed E-state index contributed by atoms with van der Waals surface area (Å²) in [7, 11) is 1.71. The molecule has 0 saturated heterocycles. The fourth-order valence-electron chi connectivity index (χ4n) is 3.78. The lowest BCUT2D eigenvalue weighted by Crippen LogP contribution is -2.41. The summed E-state index contributed by atoms with van der Waals surface area (Å²) in [5.74, 6) is 0.567. The number of anilines is 1. The van der Waals surface area contributed by atoms with Crippen LogP contribution in [0.1, 0.15) is 51.4 Å². The predicted octanol–water partition coefficient (Wildman–Crippen LogP) is 6.42. The number of aromatic nitrogens is 2. The van der Waals surface area contributed by atoms with Crippen molar-refractivity contribution in [3.63, 3.8) is 0 Å². The number of nitrogens with zero attached hydrogens (tertiary/aromatic N) is 3. The lowest BCUT2D eigenvalue weighted by Gasteiger charge is -2.32. The van der Waals surface area contributed by atoms with Crippen LogP contribution in [0.4, 0.5) is 10.5 Å². The summed E-state index contributed by atoms with van der Waals surface area (Å²) in [6.07, 6.45) is 3.49. The summed E-state index contributed by atoms with van der Waals surface area (Å²) in [5, 5.41) is 4.27. The first-order valence-corrected chi connectivity index (χ1v) is 11.6. The van der Waals surface area contributed by atoms with E-state index < -0.39 is 0 Å². The summed E-state index contributed by atoms with van der Waals surface area (Å²) in [5.41, 5.74) is 1.06. The van der Waals surface area contributed by atoms with Crippen molar-refractivity contribution in [2.75, 3.05) is 11.9 Å². The van der Waals surface area contributed by atoms with E-state index >= 15 is 0 Å². The molecule has 3 rings (SSSR count). The maximum Gasteiger partial charge on any atom is 0.322 e. The molecule has 170 valence electrons. The highest BCUT2D eigenvalue weighted by molar-refractivity contribution is 6.42. The molecule has 6 nitrogen and oxygen atoms in total. The van der Waals surface area contributed by atoms with Crippen molar-refractivity contribution in [2.24, 2.45) is 7.05 Å². The smallest absolute Gasteiger partial charge is 0.314 e. The highest BCUT2D eigenvalue weighted by atomic mass is 35.5. The van der Waals surface area contributed by atoms with Gasteiger partial charge in [-0.25, -0.2) is 9.78 Å². The molecule has 3 aromatic rings. The number of hydrogen-bond acceptors (Lipinski definition) is 3. The second-order valence-electron chi connectivity index (χ2n) is 7.73. The summed E-state index contributed by atoms with van der Waals surface area (Å²) in [4.78, 5) is 32.9. The Bertz CT molecular complexity index is 1160. The molecule has 0 radical (unpaired) electrons. The standard InChI is InChI=1S/C24H28Cl2N4O2/c1-4-6-9-14-30(24(32)27-16-12-13-18(25)19(26)15-16)21(5-2)22-28-20-11-8-7-10-17(20)23(31)29(22)3/h7-8,10-13,15,21H,4-6,9,14H2,1-3H3,(H,27,32). The average Bonchev–Trinajstić information content (AvgIpc) is 2.78. The van der Waals surface area contributed by atoms with Crippen LogP contribution >= 0.6 is 23.2 Å². The van der Waals surface area contributed by atoms with Crippen LogP contribution in [0.15, 0.2) is 47.3 Å².